The van der Waals surface area contributed by atoms with Gasteiger partial charge in [0.15, 0.2) is 0 Å². The van der Waals surface area contributed by atoms with Gasteiger partial charge >= 0.3 is 0 Å². The molecule has 0 amide bonds. The molecule has 0 spiro atoms. The van der Waals surface area contributed by atoms with E-state index in [9.17, 15) is 0 Å². The summed E-state index contributed by atoms with van der Waals surface area (Å²) in [5.74, 6) is 0.907. The first-order valence-electron chi connectivity index (χ1n) is 7.48. The smallest absolute Gasteiger partial charge is 0.133 e. The Bertz CT molecular complexity index is 746. The molecule has 1 aromatic heterocycles. The van der Waals surface area contributed by atoms with E-state index >= 15 is 0 Å². The van der Waals surface area contributed by atoms with Crippen molar-refractivity contribution in [3.05, 3.63) is 59.8 Å². The molecule has 0 aliphatic heterocycles. The topological polar surface area (TPSA) is 27.1 Å². The summed E-state index contributed by atoms with van der Waals surface area (Å²) in [6, 6.07) is 16.6. The maximum Gasteiger partial charge on any atom is 0.133 e. The highest BCUT2D eigenvalue weighted by Gasteiger charge is 2.09. The summed E-state index contributed by atoms with van der Waals surface area (Å²) >= 11 is 0. The van der Waals surface area contributed by atoms with Crippen LogP contribution in [0.4, 0.5) is 0 Å². The molecular weight excluding hydrogens is 260 g/mol. The van der Waals surface area contributed by atoms with Crippen LogP contribution >= 0.6 is 0 Å². The van der Waals surface area contributed by atoms with Crippen molar-refractivity contribution < 1.29 is 4.74 Å². The van der Waals surface area contributed by atoms with E-state index in [1.54, 1.807) is 0 Å². The van der Waals surface area contributed by atoms with Crippen molar-refractivity contribution in [3.8, 4) is 5.75 Å². The van der Waals surface area contributed by atoms with E-state index in [0.717, 1.165) is 24.4 Å². The van der Waals surface area contributed by atoms with Gasteiger partial charge in [-0.05, 0) is 37.1 Å². The van der Waals surface area contributed by atoms with Crippen molar-refractivity contribution in [2.24, 2.45) is 0 Å². The molecule has 0 fully saturated rings. The third-order valence-corrected chi connectivity index (χ3v) is 3.72. The summed E-state index contributed by atoms with van der Waals surface area (Å²) in [5.41, 5.74) is 3.45. The van der Waals surface area contributed by atoms with Crippen LogP contribution in [0.1, 0.15) is 25.1 Å². The second kappa shape index (κ2) is 6.00. The number of hydrogen-bond acceptors (Lipinski definition) is 2. The van der Waals surface area contributed by atoms with Crippen molar-refractivity contribution in [2.45, 2.75) is 33.4 Å². The van der Waals surface area contributed by atoms with Crippen LogP contribution in [0, 0.1) is 0 Å². The van der Waals surface area contributed by atoms with E-state index in [0.29, 0.717) is 6.61 Å². The van der Waals surface area contributed by atoms with Gasteiger partial charge in [-0.3, -0.25) is 4.68 Å². The van der Waals surface area contributed by atoms with Gasteiger partial charge in [0.25, 0.3) is 0 Å². The third-order valence-electron chi connectivity index (χ3n) is 3.72. The van der Waals surface area contributed by atoms with Crippen LogP contribution in [0.25, 0.3) is 10.9 Å². The predicted octanol–water partition coefficient (Wildman–Crippen LogP) is 4.20. The Labute approximate surface area is 125 Å². The molecule has 108 valence electrons. The van der Waals surface area contributed by atoms with Crippen molar-refractivity contribution in [1.82, 2.24) is 9.78 Å². The largest absolute Gasteiger partial charge is 0.487 e. The Kier molecular flexibility index (Phi) is 3.91. The minimum Gasteiger partial charge on any atom is -0.487 e. The average Bonchev–Trinajstić information content (AvgIpc) is 2.91. The zero-order chi connectivity index (χ0) is 14.7. The molecule has 2 aromatic carbocycles. The summed E-state index contributed by atoms with van der Waals surface area (Å²) in [6.07, 6.45) is 1.02. The van der Waals surface area contributed by atoms with E-state index in [1.807, 2.05) is 28.9 Å². The van der Waals surface area contributed by atoms with Gasteiger partial charge in [-0.25, -0.2) is 0 Å². The van der Waals surface area contributed by atoms with Gasteiger partial charge in [0.05, 0.1) is 5.52 Å². The van der Waals surface area contributed by atoms with Crippen molar-refractivity contribution in [2.75, 3.05) is 0 Å². The molecule has 0 atom stereocenters. The summed E-state index contributed by atoms with van der Waals surface area (Å²) in [4.78, 5) is 0. The van der Waals surface area contributed by atoms with Crippen LogP contribution in [-0.2, 0) is 19.6 Å². The molecule has 0 saturated heterocycles. The van der Waals surface area contributed by atoms with Crippen molar-refractivity contribution in [1.29, 1.82) is 0 Å². The second-order valence-electron chi connectivity index (χ2n) is 5.07. The Morgan fingerprint density at radius 1 is 1.05 bits per heavy atom. The number of fused-ring (bicyclic) bond motifs is 1. The SMILES string of the molecule is CCc1cccc(OCc2nn(CC)c3ccccc23)c1. The number of aryl methyl sites for hydroxylation is 2. The fourth-order valence-corrected chi connectivity index (χ4v) is 2.55. The van der Waals surface area contributed by atoms with E-state index < -0.39 is 0 Å². The molecule has 0 unspecified atom stereocenters. The Hall–Kier alpha value is -2.29. The highest BCUT2D eigenvalue weighted by Crippen LogP contribution is 2.21. The lowest BCUT2D eigenvalue weighted by molar-refractivity contribution is 0.300. The zero-order valence-electron chi connectivity index (χ0n) is 12.5. The highest BCUT2D eigenvalue weighted by atomic mass is 16.5. The Morgan fingerprint density at radius 3 is 2.71 bits per heavy atom. The molecule has 0 bridgehead atoms. The van der Waals surface area contributed by atoms with Gasteiger partial charge < -0.3 is 4.74 Å². The van der Waals surface area contributed by atoms with Crippen molar-refractivity contribution >= 4 is 10.9 Å². The van der Waals surface area contributed by atoms with Crippen LogP contribution in [0.2, 0.25) is 0 Å². The van der Waals surface area contributed by atoms with Crippen molar-refractivity contribution in [3.63, 3.8) is 0 Å². The Morgan fingerprint density at radius 2 is 1.90 bits per heavy atom. The number of rotatable bonds is 5. The van der Waals surface area contributed by atoms with Crippen LogP contribution < -0.4 is 4.74 Å². The second-order valence-corrected chi connectivity index (χ2v) is 5.07. The summed E-state index contributed by atoms with van der Waals surface area (Å²) in [6.45, 7) is 5.62. The summed E-state index contributed by atoms with van der Waals surface area (Å²) in [5, 5.41) is 5.83. The van der Waals surface area contributed by atoms with Gasteiger partial charge in [0.1, 0.15) is 18.1 Å². The molecule has 0 aliphatic rings. The molecular formula is C18H20N2O. The van der Waals surface area contributed by atoms with E-state index in [1.165, 1.54) is 16.5 Å². The fourth-order valence-electron chi connectivity index (χ4n) is 2.55. The maximum atomic E-state index is 5.92. The van der Waals surface area contributed by atoms with Crippen LogP contribution in [-0.4, -0.2) is 9.78 Å². The number of nitrogens with zero attached hydrogens (tertiary/aromatic N) is 2. The lowest BCUT2D eigenvalue weighted by atomic mass is 10.2. The normalized spacial score (nSPS) is 11.0. The highest BCUT2D eigenvalue weighted by molar-refractivity contribution is 5.81. The van der Waals surface area contributed by atoms with Crippen LogP contribution in [0.3, 0.4) is 0 Å². The maximum absolute atomic E-state index is 5.92. The van der Waals surface area contributed by atoms with E-state index in [-0.39, 0.29) is 0 Å². The van der Waals surface area contributed by atoms with E-state index in [2.05, 4.69) is 43.2 Å². The summed E-state index contributed by atoms with van der Waals surface area (Å²) in [7, 11) is 0. The molecule has 3 aromatic rings. The first-order chi connectivity index (χ1) is 10.3. The average molecular weight is 280 g/mol. The first-order valence-corrected chi connectivity index (χ1v) is 7.48. The van der Waals surface area contributed by atoms with E-state index in [4.69, 9.17) is 4.74 Å². The number of para-hydroxylation sites is 1. The number of benzene rings is 2. The number of aromatic nitrogens is 2. The lowest BCUT2D eigenvalue weighted by Gasteiger charge is -2.06. The Balaban J connectivity index is 1.85. The minimum atomic E-state index is 0.501. The van der Waals surface area contributed by atoms with Gasteiger partial charge in [-0.15, -0.1) is 0 Å². The zero-order valence-corrected chi connectivity index (χ0v) is 12.5. The summed E-state index contributed by atoms with van der Waals surface area (Å²) < 4.78 is 7.95. The quantitative estimate of drug-likeness (QED) is 0.700. The standard InChI is InChI=1S/C18H20N2O/c1-3-14-8-7-9-15(12-14)21-13-17-16-10-5-6-11-18(16)20(4-2)19-17/h5-12H,3-4,13H2,1-2H3. The molecule has 1 heterocycles. The number of ether oxygens (including phenoxy) is 1. The molecule has 0 radical (unpaired) electrons. The molecule has 0 N–H and O–H groups in total. The molecule has 3 heteroatoms. The monoisotopic (exact) mass is 280 g/mol. The van der Waals surface area contributed by atoms with Crippen LogP contribution in [0.5, 0.6) is 5.75 Å². The minimum absolute atomic E-state index is 0.501. The molecule has 3 nitrogen and oxygen atoms in total. The molecule has 0 saturated carbocycles. The molecule has 0 aliphatic carbocycles. The van der Waals surface area contributed by atoms with Gasteiger partial charge in [-0.1, -0.05) is 37.3 Å². The number of hydrogen-bond donors (Lipinski definition) is 0. The van der Waals surface area contributed by atoms with Crippen LogP contribution in [0.15, 0.2) is 48.5 Å². The lowest BCUT2D eigenvalue weighted by Crippen LogP contribution is -2.00. The first kappa shape index (κ1) is 13.7. The van der Waals surface area contributed by atoms with Gasteiger partial charge in [0, 0.05) is 11.9 Å². The molecule has 21 heavy (non-hydrogen) atoms. The predicted molar refractivity (Wildman–Crippen MR) is 85.6 cm³/mol. The van der Waals surface area contributed by atoms with Gasteiger partial charge in [-0.2, -0.15) is 5.10 Å². The fraction of sp³-hybridized carbons (Fsp3) is 0.278. The molecule has 3 rings (SSSR count). The van der Waals surface area contributed by atoms with Gasteiger partial charge in [0.2, 0.25) is 0 Å². The third kappa shape index (κ3) is 2.77.